The zero-order valence-electron chi connectivity index (χ0n) is 14.1. The Labute approximate surface area is 146 Å². The number of carbonyl (C=O) groups is 2. The van der Waals surface area contributed by atoms with Crippen molar-refractivity contribution in [3.8, 4) is 0 Å². The number of aliphatic carboxylic acids is 1. The summed E-state index contributed by atoms with van der Waals surface area (Å²) in [6.07, 6.45) is 1.01. The van der Waals surface area contributed by atoms with Crippen LogP contribution in [0.1, 0.15) is 42.7 Å². The van der Waals surface area contributed by atoms with Gasteiger partial charge < -0.3 is 10.4 Å². The quantitative estimate of drug-likeness (QED) is 0.768. The maximum absolute atomic E-state index is 13.0. The molecular formula is C20H22FNO3. The summed E-state index contributed by atoms with van der Waals surface area (Å²) in [5, 5.41) is 12.0. The van der Waals surface area contributed by atoms with Gasteiger partial charge >= 0.3 is 5.97 Å². The summed E-state index contributed by atoms with van der Waals surface area (Å²) in [6.45, 7) is 2.04. The van der Waals surface area contributed by atoms with E-state index in [1.165, 1.54) is 29.8 Å². The van der Waals surface area contributed by atoms with Gasteiger partial charge in [-0.1, -0.05) is 49.4 Å². The highest BCUT2D eigenvalue weighted by Crippen LogP contribution is 2.20. The van der Waals surface area contributed by atoms with Gasteiger partial charge in [0.2, 0.25) is 5.91 Å². The van der Waals surface area contributed by atoms with Gasteiger partial charge in [-0.15, -0.1) is 0 Å². The molecule has 2 unspecified atom stereocenters. The van der Waals surface area contributed by atoms with Crippen LogP contribution < -0.4 is 5.32 Å². The number of carboxylic acids is 1. The number of carbonyl (C=O) groups excluding carboxylic acids is 1. The number of carboxylic acid groups (broad SMARTS) is 1. The minimum absolute atomic E-state index is 0.0144. The maximum Gasteiger partial charge on any atom is 0.312 e. The van der Waals surface area contributed by atoms with Gasteiger partial charge in [0, 0.05) is 13.0 Å². The van der Waals surface area contributed by atoms with Crippen LogP contribution in [0.5, 0.6) is 0 Å². The van der Waals surface area contributed by atoms with Gasteiger partial charge in [0.25, 0.3) is 0 Å². The first-order valence-electron chi connectivity index (χ1n) is 8.27. The summed E-state index contributed by atoms with van der Waals surface area (Å²) < 4.78 is 13.0. The molecule has 0 radical (unpaired) electrons. The molecular weight excluding hydrogens is 321 g/mol. The molecule has 2 aromatic carbocycles. The number of halogens is 1. The van der Waals surface area contributed by atoms with Gasteiger partial charge in [0.05, 0.1) is 5.92 Å². The first-order valence-corrected chi connectivity index (χ1v) is 8.27. The standard InChI is InChI=1S/C20H22FNO3/c1-14(15-5-3-2-4-6-15)7-12-19(23)22-13-18(20(24)25)16-8-10-17(21)11-9-16/h2-6,8-11,14,18H,7,12-13H2,1H3,(H,22,23)(H,24,25). The van der Waals surface area contributed by atoms with Crippen LogP contribution in [0.3, 0.4) is 0 Å². The second kappa shape index (κ2) is 8.97. The molecule has 25 heavy (non-hydrogen) atoms. The Bertz CT molecular complexity index is 701. The second-order valence-electron chi connectivity index (χ2n) is 6.10. The molecule has 0 aliphatic rings. The minimum atomic E-state index is -1.05. The fraction of sp³-hybridized carbons (Fsp3) is 0.300. The lowest BCUT2D eigenvalue weighted by Gasteiger charge is -2.15. The average molecular weight is 343 g/mol. The van der Waals surface area contributed by atoms with E-state index in [0.717, 1.165) is 0 Å². The van der Waals surface area contributed by atoms with Crippen molar-refractivity contribution in [3.05, 3.63) is 71.5 Å². The van der Waals surface area contributed by atoms with E-state index in [9.17, 15) is 19.1 Å². The first-order chi connectivity index (χ1) is 12.0. The zero-order chi connectivity index (χ0) is 18.2. The second-order valence-corrected chi connectivity index (χ2v) is 6.10. The van der Waals surface area contributed by atoms with Crippen molar-refractivity contribution < 1.29 is 19.1 Å². The molecule has 2 aromatic rings. The minimum Gasteiger partial charge on any atom is -0.481 e. The van der Waals surface area contributed by atoms with Crippen LogP contribution >= 0.6 is 0 Å². The monoisotopic (exact) mass is 343 g/mol. The molecule has 4 nitrogen and oxygen atoms in total. The van der Waals surface area contributed by atoms with Crippen molar-refractivity contribution in [2.75, 3.05) is 6.54 Å². The van der Waals surface area contributed by atoms with Crippen molar-refractivity contribution in [3.63, 3.8) is 0 Å². The van der Waals surface area contributed by atoms with Gasteiger partial charge in [-0.2, -0.15) is 0 Å². The smallest absolute Gasteiger partial charge is 0.312 e. The SMILES string of the molecule is CC(CCC(=O)NCC(C(=O)O)c1ccc(F)cc1)c1ccccc1. The molecule has 0 spiro atoms. The van der Waals surface area contributed by atoms with E-state index in [1.807, 2.05) is 30.3 Å². The number of hydrogen-bond donors (Lipinski definition) is 2. The van der Waals surface area contributed by atoms with Crippen LogP contribution in [0.15, 0.2) is 54.6 Å². The molecule has 1 amide bonds. The number of rotatable bonds is 8. The lowest BCUT2D eigenvalue weighted by atomic mass is 9.96. The van der Waals surface area contributed by atoms with Gasteiger partial charge in [-0.05, 0) is 35.6 Å². The molecule has 2 N–H and O–H groups in total. The van der Waals surface area contributed by atoms with Crippen molar-refractivity contribution in [2.24, 2.45) is 0 Å². The summed E-state index contributed by atoms with van der Waals surface area (Å²) in [5.41, 5.74) is 1.64. The number of amides is 1. The molecule has 0 aliphatic carbocycles. The van der Waals surface area contributed by atoms with E-state index in [0.29, 0.717) is 18.4 Å². The summed E-state index contributed by atoms with van der Waals surface area (Å²) in [5.74, 6) is -2.30. The van der Waals surface area contributed by atoms with Crippen molar-refractivity contribution in [1.29, 1.82) is 0 Å². The summed E-state index contributed by atoms with van der Waals surface area (Å²) >= 11 is 0. The van der Waals surface area contributed by atoms with Crippen LogP contribution in [-0.2, 0) is 9.59 Å². The first kappa shape index (κ1) is 18.6. The van der Waals surface area contributed by atoms with Crippen LogP contribution in [0.2, 0.25) is 0 Å². The van der Waals surface area contributed by atoms with Crippen LogP contribution in [0.25, 0.3) is 0 Å². The molecule has 0 fully saturated rings. The maximum atomic E-state index is 13.0. The van der Waals surface area contributed by atoms with Crippen molar-refractivity contribution >= 4 is 11.9 Å². The Morgan fingerprint density at radius 2 is 1.68 bits per heavy atom. The van der Waals surface area contributed by atoms with Crippen LogP contribution in [0, 0.1) is 5.82 Å². The molecule has 0 saturated heterocycles. The Balaban J connectivity index is 1.85. The van der Waals surface area contributed by atoms with Crippen molar-refractivity contribution in [2.45, 2.75) is 31.6 Å². The highest BCUT2D eigenvalue weighted by molar-refractivity contribution is 5.79. The third kappa shape index (κ3) is 5.71. The van der Waals surface area contributed by atoms with Crippen LogP contribution in [-0.4, -0.2) is 23.5 Å². The van der Waals surface area contributed by atoms with E-state index in [1.54, 1.807) is 0 Å². The lowest BCUT2D eigenvalue weighted by Crippen LogP contribution is -2.31. The lowest BCUT2D eigenvalue weighted by molar-refractivity contribution is -0.138. The third-order valence-corrected chi connectivity index (χ3v) is 4.25. The predicted molar refractivity (Wildman–Crippen MR) is 93.9 cm³/mol. The average Bonchev–Trinajstić information content (AvgIpc) is 2.61. The zero-order valence-corrected chi connectivity index (χ0v) is 14.1. The molecule has 2 atom stereocenters. The molecule has 0 bridgehead atoms. The topological polar surface area (TPSA) is 66.4 Å². The Morgan fingerprint density at radius 1 is 1.04 bits per heavy atom. The third-order valence-electron chi connectivity index (χ3n) is 4.25. The Morgan fingerprint density at radius 3 is 2.28 bits per heavy atom. The Hall–Kier alpha value is -2.69. The molecule has 5 heteroatoms. The molecule has 0 aliphatic heterocycles. The summed E-state index contributed by atoms with van der Waals surface area (Å²) in [4.78, 5) is 23.4. The fourth-order valence-corrected chi connectivity index (χ4v) is 2.64. The summed E-state index contributed by atoms with van der Waals surface area (Å²) in [7, 11) is 0. The van der Waals surface area contributed by atoms with Gasteiger partial charge in [0.15, 0.2) is 0 Å². The van der Waals surface area contributed by atoms with Gasteiger partial charge in [0.1, 0.15) is 5.82 Å². The molecule has 0 aromatic heterocycles. The number of nitrogens with one attached hydrogen (secondary N) is 1. The number of hydrogen-bond acceptors (Lipinski definition) is 2. The van der Waals surface area contributed by atoms with Crippen LogP contribution in [0.4, 0.5) is 4.39 Å². The molecule has 0 heterocycles. The molecule has 132 valence electrons. The predicted octanol–water partition coefficient (Wildman–Crippen LogP) is 3.69. The largest absolute Gasteiger partial charge is 0.481 e. The van der Waals surface area contributed by atoms with Gasteiger partial charge in [-0.3, -0.25) is 9.59 Å². The van der Waals surface area contributed by atoms with E-state index < -0.39 is 17.7 Å². The van der Waals surface area contributed by atoms with Gasteiger partial charge in [-0.25, -0.2) is 4.39 Å². The van der Waals surface area contributed by atoms with E-state index in [-0.39, 0.29) is 18.4 Å². The molecule has 2 rings (SSSR count). The highest BCUT2D eigenvalue weighted by Gasteiger charge is 2.20. The Kier molecular flexibility index (Phi) is 6.69. The van der Waals surface area contributed by atoms with Crippen molar-refractivity contribution in [1.82, 2.24) is 5.32 Å². The van der Waals surface area contributed by atoms with E-state index in [4.69, 9.17) is 0 Å². The normalized spacial score (nSPS) is 13.0. The van der Waals surface area contributed by atoms with E-state index in [2.05, 4.69) is 12.2 Å². The fourth-order valence-electron chi connectivity index (χ4n) is 2.64. The highest BCUT2D eigenvalue weighted by atomic mass is 19.1. The molecule has 0 saturated carbocycles. The number of benzene rings is 2. The summed E-state index contributed by atoms with van der Waals surface area (Å²) in [6, 6.07) is 15.2. The van der Waals surface area contributed by atoms with E-state index >= 15 is 0 Å².